The Hall–Kier alpha value is -0.0800. The van der Waals surface area contributed by atoms with Gasteiger partial charge in [-0.15, -0.1) is 0 Å². The van der Waals surface area contributed by atoms with E-state index in [-0.39, 0.29) is 0 Å². The van der Waals surface area contributed by atoms with Crippen LogP contribution in [-0.2, 0) is 0 Å². The smallest absolute Gasteiger partial charge is 0.00912 e. The van der Waals surface area contributed by atoms with Gasteiger partial charge in [0.1, 0.15) is 0 Å². The SMILES string of the molecule is CCNC1CCN(CCC2CCC2)CC1. The highest BCUT2D eigenvalue weighted by Gasteiger charge is 2.21. The van der Waals surface area contributed by atoms with Crippen molar-refractivity contribution in [2.45, 2.75) is 51.5 Å². The summed E-state index contributed by atoms with van der Waals surface area (Å²) >= 11 is 0. The van der Waals surface area contributed by atoms with Crippen molar-refractivity contribution < 1.29 is 0 Å². The molecule has 2 rings (SSSR count). The largest absolute Gasteiger partial charge is 0.314 e. The van der Waals surface area contributed by atoms with Gasteiger partial charge >= 0.3 is 0 Å². The number of hydrogen-bond donors (Lipinski definition) is 1. The van der Waals surface area contributed by atoms with Gasteiger partial charge in [0.25, 0.3) is 0 Å². The molecule has 1 aliphatic heterocycles. The summed E-state index contributed by atoms with van der Waals surface area (Å²) in [7, 11) is 0. The molecule has 2 fully saturated rings. The van der Waals surface area contributed by atoms with E-state index in [0.717, 1.165) is 18.5 Å². The molecule has 2 aliphatic rings. The first-order valence-corrected chi connectivity index (χ1v) is 6.84. The average molecular weight is 210 g/mol. The fourth-order valence-corrected chi connectivity index (χ4v) is 2.80. The van der Waals surface area contributed by atoms with Crippen LogP contribution in [0.25, 0.3) is 0 Å². The van der Waals surface area contributed by atoms with Crippen LogP contribution >= 0.6 is 0 Å². The Morgan fingerprint density at radius 2 is 1.87 bits per heavy atom. The lowest BCUT2D eigenvalue weighted by Gasteiger charge is -2.34. The molecule has 0 aromatic carbocycles. The van der Waals surface area contributed by atoms with Gasteiger partial charge in [0, 0.05) is 6.04 Å². The second kappa shape index (κ2) is 5.86. The lowest BCUT2D eigenvalue weighted by molar-refractivity contribution is 0.170. The van der Waals surface area contributed by atoms with Crippen LogP contribution in [0.3, 0.4) is 0 Å². The number of hydrogen-bond acceptors (Lipinski definition) is 2. The fraction of sp³-hybridized carbons (Fsp3) is 1.00. The molecule has 1 heterocycles. The van der Waals surface area contributed by atoms with E-state index in [9.17, 15) is 0 Å². The summed E-state index contributed by atoms with van der Waals surface area (Å²) in [5.74, 6) is 1.08. The molecule has 0 radical (unpaired) electrons. The van der Waals surface area contributed by atoms with Gasteiger partial charge in [-0.2, -0.15) is 0 Å². The zero-order chi connectivity index (χ0) is 10.5. The molecule has 1 N–H and O–H groups in total. The predicted octanol–water partition coefficient (Wildman–Crippen LogP) is 2.25. The molecule has 0 bridgehead atoms. The predicted molar refractivity (Wildman–Crippen MR) is 65.1 cm³/mol. The minimum absolute atomic E-state index is 0.801. The van der Waals surface area contributed by atoms with Crippen LogP contribution in [-0.4, -0.2) is 37.1 Å². The Labute approximate surface area is 94.4 Å². The van der Waals surface area contributed by atoms with Crippen molar-refractivity contribution in [1.82, 2.24) is 10.2 Å². The van der Waals surface area contributed by atoms with Crippen LogP contribution in [0.5, 0.6) is 0 Å². The molecule has 0 spiro atoms. The molecule has 0 atom stereocenters. The molecule has 1 saturated carbocycles. The minimum atomic E-state index is 0.801. The second-order valence-corrected chi connectivity index (χ2v) is 5.26. The van der Waals surface area contributed by atoms with E-state index in [0.29, 0.717) is 0 Å². The molecule has 0 aromatic heterocycles. The topological polar surface area (TPSA) is 15.3 Å². The van der Waals surface area contributed by atoms with Crippen molar-refractivity contribution in [3.63, 3.8) is 0 Å². The highest BCUT2D eigenvalue weighted by atomic mass is 15.1. The van der Waals surface area contributed by atoms with E-state index in [2.05, 4.69) is 17.1 Å². The zero-order valence-corrected chi connectivity index (χ0v) is 10.2. The molecule has 1 aliphatic carbocycles. The van der Waals surface area contributed by atoms with Crippen molar-refractivity contribution in [2.75, 3.05) is 26.2 Å². The molecule has 2 heteroatoms. The summed E-state index contributed by atoms with van der Waals surface area (Å²) in [6.45, 7) is 7.36. The summed E-state index contributed by atoms with van der Waals surface area (Å²) < 4.78 is 0. The fourth-order valence-electron chi connectivity index (χ4n) is 2.80. The van der Waals surface area contributed by atoms with Crippen LogP contribution in [0.15, 0.2) is 0 Å². The van der Waals surface area contributed by atoms with E-state index in [4.69, 9.17) is 0 Å². The van der Waals surface area contributed by atoms with Gasteiger partial charge in [-0.25, -0.2) is 0 Å². The van der Waals surface area contributed by atoms with Gasteiger partial charge in [-0.3, -0.25) is 0 Å². The maximum Gasteiger partial charge on any atom is 0.00912 e. The van der Waals surface area contributed by atoms with E-state index in [1.165, 1.54) is 58.2 Å². The van der Waals surface area contributed by atoms with Gasteiger partial charge in [0.2, 0.25) is 0 Å². The lowest BCUT2D eigenvalue weighted by atomic mass is 9.83. The Kier molecular flexibility index (Phi) is 4.45. The van der Waals surface area contributed by atoms with E-state index in [1.807, 2.05) is 0 Å². The Morgan fingerprint density at radius 1 is 1.13 bits per heavy atom. The van der Waals surface area contributed by atoms with Crippen LogP contribution in [0.1, 0.15) is 45.4 Å². The number of likely N-dealkylation sites (tertiary alicyclic amines) is 1. The van der Waals surface area contributed by atoms with Crippen molar-refractivity contribution in [1.29, 1.82) is 0 Å². The standard InChI is InChI=1S/C13H26N2/c1-2-14-13-7-10-15(11-8-13)9-6-12-4-3-5-12/h12-14H,2-11H2,1H3. The van der Waals surface area contributed by atoms with Gasteiger partial charge < -0.3 is 10.2 Å². The molecule has 88 valence electrons. The molecular weight excluding hydrogens is 184 g/mol. The summed E-state index contributed by atoms with van der Waals surface area (Å²) in [6.07, 6.45) is 8.69. The highest BCUT2D eigenvalue weighted by Crippen LogP contribution is 2.29. The molecule has 15 heavy (non-hydrogen) atoms. The average Bonchev–Trinajstić information content (AvgIpc) is 2.19. The number of piperidine rings is 1. The van der Waals surface area contributed by atoms with E-state index < -0.39 is 0 Å². The summed E-state index contributed by atoms with van der Waals surface area (Å²) in [5.41, 5.74) is 0. The maximum atomic E-state index is 3.57. The molecular formula is C13H26N2. The van der Waals surface area contributed by atoms with Crippen LogP contribution in [0.2, 0.25) is 0 Å². The number of rotatable bonds is 5. The van der Waals surface area contributed by atoms with Crippen molar-refractivity contribution in [3.8, 4) is 0 Å². The van der Waals surface area contributed by atoms with E-state index >= 15 is 0 Å². The third-order valence-electron chi connectivity index (χ3n) is 4.16. The van der Waals surface area contributed by atoms with Gasteiger partial charge in [-0.1, -0.05) is 26.2 Å². The van der Waals surface area contributed by atoms with Crippen molar-refractivity contribution in [2.24, 2.45) is 5.92 Å². The van der Waals surface area contributed by atoms with E-state index in [1.54, 1.807) is 0 Å². The van der Waals surface area contributed by atoms with Crippen LogP contribution in [0, 0.1) is 5.92 Å². The maximum absolute atomic E-state index is 3.57. The minimum Gasteiger partial charge on any atom is -0.314 e. The van der Waals surface area contributed by atoms with Crippen LogP contribution < -0.4 is 5.32 Å². The summed E-state index contributed by atoms with van der Waals surface area (Å²) in [6, 6.07) is 0.801. The van der Waals surface area contributed by atoms with Crippen LogP contribution in [0.4, 0.5) is 0 Å². The number of nitrogens with zero attached hydrogens (tertiary/aromatic N) is 1. The second-order valence-electron chi connectivity index (χ2n) is 5.26. The Balaban J connectivity index is 1.56. The van der Waals surface area contributed by atoms with Crippen molar-refractivity contribution in [3.05, 3.63) is 0 Å². The third-order valence-corrected chi connectivity index (χ3v) is 4.16. The molecule has 0 amide bonds. The third kappa shape index (κ3) is 3.46. The first-order chi connectivity index (χ1) is 7.38. The monoisotopic (exact) mass is 210 g/mol. The molecule has 0 aromatic rings. The van der Waals surface area contributed by atoms with Gasteiger partial charge in [0.05, 0.1) is 0 Å². The summed E-state index contributed by atoms with van der Waals surface area (Å²) in [5, 5.41) is 3.57. The lowest BCUT2D eigenvalue weighted by Crippen LogP contribution is -2.43. The quantitative estimate of drug-likeness (QED) is 0.749. The molecule has 2 nitrogen and oxygen atoms in total. The zero-order valence-electron chi connectivity index (χ0n) is 10.2. The summed E-state index contributed by atoms with van der Waals surface area (Å²) in [4.78, 5) is 2.67. The molecule has 0 unspecified atom stereocenters. The number of nitrogens with one attached hydrogen (secondary N) is 1. The van der Waals surface area contributed by atoms with Crippen molar-refractivity contribution >= 4 is 0 Å². The first kappa shape index (κ1) is 11.4. The normalized spacial score (nSPS) is 25.4. The molecule has 1 saturated heterocycles. The van der Waals surface area contributed by atoms with Gasteiger partial charge in [0.15, 0.2) is 0 Å². The highest BCUT2D eigenvalue weighted by molar-refractivity contribution is 4.78. The first-order valence-electron chi connectivity index (χ1n) is 6.84. The Bertz CT molecular complexity index is 169. The Morgan fingerprint density at radius 3 is 2.40 bits per heavy atom. The van der Waals surface area contributed by atoms with Gasteiger partial charge in [-0.05, 0) is 51.4 Å².